The summed E-state index contributed by atoms with van der Waals surface area (Å²) in [7, 11) is 0. The Morgan fingerprint density at radius 3 is 2.52 bits per heavy atom. The van der Waals surface area contributed by atoms with E-state index in [2.05, 4.69) is 15.6 Å². The first-order valence-corrected chi connectivity index (χ1v) is 6.71. The second kappa shape index (κ2) is 6.74. The van der Waals surface area contributed by atoms with Gasteiger partial charge in [0.15, 0.2) is 0 Å². The average Bonchev–Trinajstić information content (AvgIpc) is 2.65. The van der Waals surface area contributed by atoms with Crippen molar-refractivity contribution >= 4 is 23.3 Å². The van der Waals surface area contributed by atoms with E-state index in [1.54, 1.807) is 0 Å². The molecule has 1 rings (SSSR count). The van der Waals surface area contributed by atoms with E-state index in [-0.39, 0.29) is 11.4 Å². The van der Waals surface area contributed by atoms with Crippen LogP contribution < -0.4 is 10.6 Å². The third-order valence-electron chi connectivity index (χ3n) is 2.35. The number of thiazole rings is 1. The molecule has 10 heteroatoms. The molecule has 0 aliphatic rings. The minimum Gasteiger partial charge on any atom is -0.477 e. The Hall–Kier alpha value is -1.84. The van der Waals surface area contributed by atoms with Crippen molar-refractivity contribution < 1.29 is 27.9 Å². The Morgan fingerprint density at radius 1 is 1.43 bits per heavy atom. The lowest BCUT2D eigenvalue weighted by atomic mass is 10.2. The molecule has 0 radical (unpaired) electrons. The Labute approximate surface area is 122 Å². The van der Waals surface area contributed by atoms with Crippen LogP contribution in [0.2, 0.25) is 0 Å². The van der Waals surface area contributed by atoms with Crippen LogP contribution in [0.3, 0.4) is 0 Å². The number of nitrogens with one attached hydrogen (secondary N) is 2. The fraction of sp³-hybridized carbons (Fsp3) is 0.545. The third kappa shape index (κ3) is 5.98. The van der Waals surface area contributed by atoms with Gasteiger partial charge in [-0.25, -0.2) is 14.6 Å². The van der Waals surface area contributed by atoms with E-state index in [4.69, 9.17) is 5.11 Å². The summed E-state index contributed by atoms with van der Waals surface area (Å²) < 4.78 is 36.3. The number of hydrogen-bond donors (Lipinski definition) is 3. The van der Waals surface area contributed by atoms with Crippen molar-refractivity contribution in [2.24, 2.45) is 0 Å². The van der Waals surface area contributed by atoms with Gasteiger partial charge in [0.2, 0.25) is 0 Å². The third-order valence-corrected chi connectivity index (χ3v) is 3.50. The van der Waals surface area contributed by atoms with Crippen molar-refractivity contribution in [3.63, 3.8) is 0 Å². The number of carboxylic acids is 1. The van der Waals surface area contributed by atoms with Crippen molar-refractivity contribution in [3.8, 4) is 0 Å². The molecule has 0 saturated heterocycles. The molecule has 118 valence electrons. The van der Waals surface area contributed by atoms with Gasteiger partial charge in [0.1, 0.15) is 9.88 Å². The normalized spacial score (nSPS) is 12.8. The number of nitrogens with zero attached hydrogens (tertiary/aromatic N) is 1. The standard InChI is InChI=1S/C11H14F3N3O3S/c1-5(3-11(12,13)14)16-10(20)15-4-7-17-6(2)8(21-7)9(18)19/h5H,3-4H2,1-2H3,(H,18,19)(H2,15,16,20). The number of hydrogen-bond acceptors (Lipinski definition) is 4. The minimum atomic E-state index is -4.35. The number of rotatable bonds is 5. The van der Waals surface area contributed by atoms with Crippen molar-refractivity contribution in [1.29, 1.82) is 0 Å². The Balaban J connectivity index is 2.46. The van der Waals surface area contributed by atoms with Crippen LogP contribution in [0.15, 0.2) is 0 Å². The summed E-state index contributed by atoms with van der Waals surface area (Å²) in [6.45, 7) is 2.71. The van der Waals surface area contributed by atoms with E-state index in [9.17, 15) is 22.8 Å². The highest BCUT2D eigenvalue weighted by Crippen LogP contribution is 2.21. The molecule has 0 aliphatic heterocycles. The van der Waals surface area contributed by atoms with E-state index in [1.807, 2.05) is 0 Å². The number of halogens is 3. The molecule has 0 bridgehead atoms. The fourth-order valence-corrected chi connectivity index (χ4v) is 2.40. The molecule has 3 N–H and O–H groups in total. The lowest BCUT2D eigenvalue weighted by molar-refractivity contribution is -0.138. The molecule has 1 heterocycles. The van der Waals surface area contributed by atoms with Gasteiger partial charge < -0.3 is 15.7 Å². The highest BCUT2D eigenvalue weighted by Gasteiger charge is 2.30. The van der Waals surface area contributed by atoms with Crippen LogP contribution in [0.1, 0.15) is 33.7 Å². The first kappa shape index (κ1) is 17.2. The number of carbonyl (C=O) groups excluding carboxylic acids is 1. The van der Waals surface area contributed by atoms with Gasteiger partial charge in [0.25, 0.3) is 0 Å². The largest absolute Gasteiger partial charge is 0.477 e. The molecule has 0 saturated carbocycles. The summed E-state index contributed by atoms with van der Waals surface area (Å²) in [5.41, 5.74) is 0.329. The maximum absolute atomic E-state index is 12.1. The van der Waals surface area contributed by atoms with Crippen LogP contribution in [-0.4, -0.2) is 34.3 Å². The summed E-state index contributed by atoms with van der Waals surface area (Å²) in [5.74, 6) is -1.11. The van der Waals surface area contributed by atoms with Gasteiger partial charge in [0, 0.05) is 6.04 Å². The highest BCUT2D eigenvalue weighted by atomic mass is 32.1. The summed E-state index contributed by atoms with van der Waals surface area (Å²) >= 11 is 0.905. The lowest BCUT2D eigenvalue weighted by Crippen LogP contribution is -2.42. The van der Waals surface area contributed by atoms with E-state index in [1.165, 1.54) is 13.8 Å². The number of aryl methyl sites for hydroxylation is 1. The van der Waals surface area contributed by atoms with Crippen molar-refractivity contribution in [1.82, 2.24) is 15.6 Å². The number of carbonyl (C=O) groups is 2. The average molecular weight is 325 g/mol. The minimum absolute atomic E-state index is 0.0522. The van der Waals surface area contributed by atoms with Crippen LogP contribution in [0.25, 0.3) is 0 Å². The zero-order valence-electron chi connectivity index (χ0n) is 11.2. The maximum Gasteiger partial charge on any atom is 0.391 e. The first-order chi connectivity index (χ1) is 9.58. The molecule has 21 heavy (non-hydrogen) atoms. The van der Waals surface area contributed by atoms with Crippen LogP contribution >= 0.6 is 11.3 Å². The molecule has 0 spiro atoms. The van der Waals surface area contributed by atoms with Crippen LogP contribution in [0.4, 0.5) is 18.0 Å². The zero-order valence-corrected chi connectivity index (χ0v) is 12.1. The van der Waals surface area contributed by atoms with E-state index in [0.29, 0.717) is 10.7 Å². The summed E-state index contributed by atoms with van der Waals surface area (Å²) in [5, 5.41) is 13.7. The van der Waals surface area contributed by atoms with Crippen LogP contribution in [0, 0.1) is 6.92 Å². The Bertz CT molecular complexity index is 531. The van der Waals surface area contributed by atoms with E-state index >= 15 is 0 Å². The number of alkyl halides is 3. The molecule has 1 aromatic rings. The number of aromatic nitrogens is 1. The van der Waals surface area contributed by atoms with Crippen molar-refractivity contribution in [3.05, 3.63) is 15.6 Å². The Morgan fingerprint density at radius 2 is 2.05 bits per heavy atom. The van der Waals surface area contributed by atoms with Crippen LogP contribution in [-0.2, 0) is 6.54 Å². The molecule has 1 unspecified atom stereocenters. The molecule has 1 atom stereocenters. The van der Waals surface area contributed by atoms with Gasteiger partial charge in [-0.3, -0.25) is 0 Å². The second-order valence-corrected chi connectivity index (χ2v) is 5.46. The molecule has 6 nitrogen and oxygen atoms in total. The molecule has 1 aromatic heterocycles. The first-order valence-electron chi connectivity index (χ1n) is 5.89. The predicted octanol–water partition coefficient (Wildman–Crippen LogP) is 2.29. The quantitative estimate of drug-likeness (QED) is 0.774. The lowest BCUT2D eigenvalue weighted by Gasteiger charge is -2.15. The van der Waals surface area contributed by atoms with Gasteiger partial charge >= 0.3 is 18.2 Å². The van der Waals surface area contributed by atoms with Gasteiger partial charge in [0.05, 0.1) is 18.7 Å². The van der Waals surface area contributed by atoms with Gasteiger partial charge in [-0.15, -0.1) is 11.3 Å². The zero-order chi connectivity index (χ0) is 16.2. The van der Waals surface area contributed by atoms with Gasteiger partial charge in [-0.2, -0.15) is 13.2 Å². The van der Waals surface area contributed by atoms with Gasteiger partial charge in [-0.1, -0.05) is 0 Å². The van der Waals surface area contributed by atoms with Crippen molar-refractivity contribution in [2.75, 3.05) is 0 Å². The SMILES string of the molecule is Cc1nc(CNC(=O)NC(C)CC(F)(F)F)sc1C(=O)O. The van der Waals surface area contributed by atoms with E-state index in [0.717, 1.165) is 11.3 Å². The molecule has 0 aromatic carbocycles. The number of urea groups is 1. The molecule has 0 fully saturated rings. The predicted molar refractivity (Wildman–Crippen MR) is 69.3 cm³/mol. The summed E-state index contributed by atoms with van der Waals surface area (Å²) in [6.07, 6.45) is -5.48. The van der Waals surface area contributed by atoms with Gasteiger partial charge in [-0.05, 0) is 13.8 Å². The molecular formula is C11H14F3N3O3S. The second-order valence-electron chi connectivity index (χ2n) is 4.37. The number of carboxylic acid groups (broad SMARTS) is 1. The molecule has 2 amide bonds. The monoisotopic (exact) mass is 325 g/mol. The molecular weight excluding hydrogens is 311 g/mol. The van der Waals surface area contributed by atoms with Crippen molar-refractivity contribution in [2.45, 2.75) is 39.0 Å². The topological polar surface area (TPSA) is 91.3 Å². The summed E-state index contributed by atoms with van der Waals surface area (Å²) in [6, 6.07) is -1.82. The maximum atomic E-state index is 12.1. The number of aromatic carboxylic acids is 1. The van der Waals surface area contributed by atoms with Crippen LogP contribution in [0.5, 0.6) is 0 Å². The smallest absolute Gasteiger partial charge is 0.391 e. The fourth-order valence-electron chi connectivity index (χ4n) is 1.56. The Kier molecular flexibility index (Phi) is 5.53. The molecule has 0 aliphatic carbocycles. The van der Waals surface area contributed by atoms with E-state index < -0.39 is 30.6 Å². The highest BCUT2D eigenvalue weighted by molar-refractivity contribution is 7.13. The number of amides is 2. The summed E-state index contributed by atoms with van der Waals surface area (Å²) in [4.78, 5) is 26.2.